The highest BCUT2D eigenvalue weighted by Crippen LogP contribution is 2.59. The molecule has 2 aromatic rings. The van der Waals surface area contributed by atoms with Crippen molar-refractivity contribution in [2.24, 2.45) is 23.7 Å². The van der Waals surface area contributed by atoms with Gasteiger partial charge in [0.05, 0.1) is 24.3 Å². The van der Waals surface area contributed by atoms with Crippen LogP contribution >= 0.6 is 71.2 Å². The van der Waals surface area contributed by atoms with Crippen molar-refractivity contribution in [3.63, 3.8) is 0 Å². The molecule has 0 saturated heterocycles. The van der Waals surface area contributed by atoms with Gasteiger partial charge in [0.1, 0.15) is 15.0 Å². The van der Waals surface area contributed by atoms with Gasteiger partial charge in [-0.25, -0.2) is 0 Å². The van der Waals surface area contributed by atoms with Crippen molar-refractivity contribution in [1.82, 2.24) is 0 Å². The standard InChI is InChI=1S/C28H44NO3PS.C18H26.C12H22NO4PS2.C6H12NO3PS/c1-6-8-9-11-15-25(7-2)23-27(26-16-12-10-13-17-26)22-24(3)19-21-34-28(18-14-20-29)33(30,31-4)32-5;1-4-6-7-9-12-17(5-2)15-16(3)18-13-10-8-11-14-18;1-9(2)10(3)17-12(19)20-11(7-6-8-13)18(14,15-4)16-5;1-9-11(8,10-2)6(12)4-3-5-7/h7-10,12-13,16-17,24-25,27-28H,2,6,11,14-15,18-19,21-23H2,1,3-5H3;5-8,10-11,13-14,16-17H,2,4,9,12,15H2,1,3H3;9-11H,6-7H2,1-5H3;6,12H,3-4H2,1-2H3/b9-8+;7-6+;;. The molecule has 13 nitrogen and oxygen atoms in total. The van der Waals surface area contributed by atoms with E-state index >= 15 is 0 Å². The molecule has 20 heteroatoms. The average Bonchev–Trinajstić information content (AvgIpc) is 3.56. The van der Waals surface area contributed by atoms with Gasteiger partial charge in [0.2, 0.25) is 4.38 Å². The lowest BCUT2D eigenvalue weighted by molar-refractivity contribution is 0.168. The van der Waals surface area contributed by atoms with Gasteiger partial charge in [0, 0.05) is 61.9 Å². The number of rotatable bonds is 40. The number of thiol groups is 1. The third kappa shape index (κ3) is 36.5. The van der Waals surface area contributed by atoms with Crippen molar-refractivity contribution < 1.29 is 45.6 Å². The van der Waals surface area contributed by atoms with E-state index in [9.17, 15) is 13.7 Å². The Kier molecular flexibility index (Phi) is 50.8. The molecule has 0 aliphatic heterocycles. The maximum Gasteiger partial charge on any atom is 0.343 e. The molecular weight excluding hydrogens is 1190 g/mol. The fourth-order valence-corrected chi connectivity index (χ4v) is 17.7. The number of nitrogens with zero attached hydrogens (tertiary/aromatic N) is 3. The SMILES string of the molecule is C=CC(CC/C=C/CC)CC(C)c1ccccc1.C=CC(CC/C=C/CC)CC(CC(C)CCSC(CCC#N)P(=O)(OC)OC)c1ccccc1.COP(=O)(OC)C(CCC#N)SC(=S)OC(C)C(C)C.COP(=O)(OC)C(S)CCC#N. The van der Waals surface area contributed by atoms with Crippen molar-refractivity contribution in [1.29, 1.82) is 15.8 Å². The van der Waals surface area contributed by atoms with E-state index in [4.69, 9.17) is 59.9 Å². The van der Waals surface area contributed by atoms with Crippen LogP contribution in [0.5, 0.6) is 0 Å². The van der Waals surface area contributed by atoms with Crippen LogP contribution in [-0.2, 0) is 45.6 Å². The summed E-state index contributed by atoms with van der Waals surface area (Å²) in [4.78, 5) is -1.36. The molecule has 0 aliphatic rings. The van der Waals surface area contributed by atoms with Crippen LogP contribution in [0.15, 0.2) is 110 Å². The minimum atomic E-state index is -3.30. The zero-order valence-corrected chi connectivity index (χ0v) is 58.9. The smallest absolute Gasteiger partial charge is 0.343 e. The molecule has 0 radical (unpaired) electrons. The molecule has 0 bridgehead atoms. The number of thiocarbonyl (C=S) groups is 1. The summed E-state index contributed by atoms with van der Waals surface area (Å²) in [7, 11) is -1.48. The Morgan fingerprint density at radius 2 is 1.02 bits per heavy atom. The monoisotopic (exact) mass is 1300 g/mol. The lowest BCUT2D eigenvalue weighted by atomic mass is 9.81. The molecule has 9 atom stereocenters. The van der Waals surface area contributed by atoms with Gasteiger partial charge >= 0.3 is 22.8 Å². The lowest BCUT2D eigenvalue weighted by Crippen LogP contribution is -2.19. The van der Waals surface area contributed by atoms with E-state index in [-0.39, 0.29) is 17.5 Å². The molecule has 0 spiro atoms. The highest BCUT2D eigenvalue weighted by atomic mass is 32.2. The third-order valence-electron chi connectivity index (χ3n) is 13.9. The minimum absolute atomic E-state index is 0.0314. The quantitative estimate of drug-likeness (QED) is 0.0287. The van der Waals surface area contributed by atoms with Crippen molar-refractivity contribution in [3.8, 4) is 18.2 Å². The fraction of sp³-hybridized carbons (Fsp3) is 0.625. The molecule has 0 aromatic heterocycles. The first-order valence-corrected chi connectivity index (χ1v) is 36.9. The molecule has 2 aromatic carbocycles. The van der Waals surface area contributed by atoms with Crippen molar-refractivity contribution in [2.45, 2.75) is 184 Å². The van der Waals surface area contributed by atoms with E-state index in [0.717, 1.165) is 62.5 Å². The summed E-state index contributed by atoms with van der Waals surface area (Å²) in [6.07, 6.45) is 26.7. The fourth-order valence-electron chi connectivity index (χ4n) is 8.40. The van der Waals surface area contributed by atoms with E-state index in [2.05, 4.69) is 157 Å². The summed E-state index contributed by atoms with van der Waals surface area (Å²) in [5, 5.41) is 25.9. The van der Waals surface area contributed by atoms with Gasteiger partial charge in [0.15, 0.2) is 0 Å². The van der Waals surface area contributed by atoms with Crippen molar-refractivity contribution >= 4 is 75.5 Å². The second-order valence-corrected chi connectivity index (χ2v) is 32.6. The summed E-state index contributed by atoms with van der Waals surface area (Å²) in [5.74, 6) is 3.93. The van der Waals surface area contributed by atoms with Crippen molar-refractivity contribution in [2.75, 3.05) is 48.4 Å². The average molecular weight is 1300 g/mol. The zero-order valence-electron chi connectivity index (χ0n) is 52.9. The number of hydrogen-bond acceptors (Lipinski definition) is 17. The first-order chi connectivity index (χ1) is 40.1. The van der Waals surface area contributed by atoms with E-state index in [1.54, 1.807) is 11.8 Å². The maximum atomic E-state index is 12.9. The summed E-state index contributed by atoms with van der Waals surface area (Å²) in [6, 6.07) is 27.7. The van der Waals surface area contributed by atoms with Crippen LogP contribution < -0.4 is 0 Å². The minimum Gasteiger partial charge on any atom is -0.475 e. The highest BCUT2D eigenvalue weighted by molar-refractivity contribution is 8.25. The lowest BCUT2D eigenvalue weighted by Gasteiger charge is -2.26. The first kappa shape index (κ1) is 83.3. The zero-order chi connectivity index (χ0) is 63.8. The van der Waals surface area contributed by atoms with Crippen LogP contribution in [0.4, 0.5) is 0 Å². The first-order valence-electron chi connectivity index (χ1n) is 29.2. The van der Waals surface area contributed by atoms with Crippen LogP contribution in [0.2, 0.25) is 0 Å². The van der Waals surface area contributed by atoms with Crippen LogP contribution in [0.25, 0.3) is 0 Å². The predicted octanol–water partition coefficient (Wildman–Crippen LogP) is 20.9. The van der Waals surface area contributed by atoms with E-state index in [0.29, 0.717) is 72.0 Å². The van der Waals surface area contributed by atoms with Gasteiger partial charge < -0.3 is 31.9 Å². The van der Waals surface area contributed by atoms with Crippen LogP contribution in [0.3, 0.4) is 0 Å². The predicted molar refractivity (Wildman–Crippen MR) is 364 cm³/mol. The summed E-state index contributed by atoms with van der Waals surface area (Å²) >= 11 is 12.0. The van der Waals surface area contributed by atoms with Gasteiger partial charge in [-0.15, -0.1) is 24.9 Å². The van der Waals surface area contributed by atoms with E-state index in [1.165, 1.54) is 73.0 Å². The third-order valence-corrected chi connectivity index (χ3v) is 25.6. The highest BCUT2D eigenvalue weighted by Gasteiger charge is 2.37. The molecule has 0 aliphatic carbocycles. The van der Waals surface area contributed by atoms with Crippen LogP contribution in [0, 0.1) is 57.7 Å². The number of hydrogen-bond donors (Lipinski definition) is 1. The molecular formula is C64H104N3O10P3S4. The number of nitriles is 3. The summed E-state index contributed by atoms with van der Waals surface area (Å²) in [5.41, 5.74) is 2.83. The Bertz CT molecular complexity index is 2360. The second-order valence-electron chi connectivity index (χ2n) is 20.4. The van der Waals surface area contributed by atoms with E-state index in [1.807, 2.05) is 32.9 Å². The molecule has 0 fully saturated rings. The molecule has 0 N–H and O–H groups in total. The van der Waals surface area contributed by atoms with Gasteiger partial charge in [-0.2, -0.15) is 28.4 Å². The van der Waals surface area contributed by atoms with Crippen molar-refractivity contribution in [3.05, 3.63) is 121 Å². The molecule has 9 unspecified atom stereocenters. The normalized spacial score (nSPS) is 14.9. The number of ether oxygens (including phenoxy) is 1. The Morgan fingerprint density at radius 3 is 1.45 bits per heavy atom. The maximum absolute atomic E-state index is 12.9. The van der Waals surface area contributed by atoms with Crippen LogP contribution in [-0.4, -0.2) is 73.9 Å². The Labute approximate surface area is 529 Å². The van der Waals surface area contributed by atoms with Gasteiger partial charge in [-0.3, -0.25) is 13.7 Å². The molecule has 84 heavy (non-hydrogen) atoms. The number of thioether (sulfide) groups is 2. The summed E-state index contributed by atoms with van der Waals surface area (Å²) in [6.45, 7) is 23.0. The number of allylic oxidation sites excluding steroid dienone is 6. The van der Waals surface area contributed by atoms with Crippen LogP contribution in [0.1, 0.15) is 174 Å². The van der Waals surface area contributed by atoms with Gasteiger partial charge in [0.25, 0.3) is 0 Å². The second kappa shape index (κ2) is 51.2. The number of benzene rings is 2. The Hall–Kier alpha value is -2.74. The van der Waals surface area contributed by atoms with Gasteiger partial charge in [-0.1, -0.05) is 150 Å². The Balaban J connectivity index is 0. The summed E-state index contributed by atoms with van der Waals surface area (Å²) < 4.78 is 72.5. The molecule has 0 saturated carbocycles. The molecule has 0 heterocycles. The molecule has 0 amide bonds. The largest absolute Gasteiger partial charge is 0.475 e. The molecule has 2 rings (SSSR count). The molecule has 474 valence electrons. The van der Waals surface area contributed by atoms with Gasteiger partial charge in [-0.05, 0) is 155 Å². The van der Waals surface area contributed by atoms with E-state index < -0.39 is 32.8 Å². The topological polar surface area (TPSA) is 187 Å². The Morgan fingerprint density at radius 1 is 0.595 bits per heavy atom.